The Hall–Kier alpha value is -6.91. The van der Waals surface area contributed by atoms with Gasteiger partial charge in [-0.25, -0.2) is 4.98 Å². The Morgan fingerprint density at radius 2 is 0.980 bits per heavy atom. The highest BCUT2D eigenvalue weighted by molar-refractivity contribution is 6.16. The number of para-hydroxylation sites is 1. The maximum Gasteiger partial charge on any atom is 0.227 e. The van der Waals surface area contributed by atoms with Crippen LogP contribution in [0.15, 0.2) is 191 Å². The lowest BCUT2D eigenvalue weighted by Crippen LogP contribution is -2.09. The van der Waals surface area contributed by atoms with Crippen LogP contribution in [0.2, 0.25) is 0 Å². The van der Waals surface area contributed by atoms with Gasteiger partial charge in [0.25, 0.3) is 0 Å². The molecule has 0 fully saturated rings. The van der Waals surface area contributed by atoms with E-state index in [1.54, 1.807) is 0 Å². The second kappa shape index (κ2) is 11.9. The van der Waals surface area contributed by atoms with E-state index >= 15 is 0 Å². The Kier molecular flexibility index (Phi) is 6.78. The maximum absolute atomic E-state index is 6.38. The van der Waals surface area contributed by atoms with Crippen LogP contribution in [0.25, 0.3) is 77.5 Å². The molecule has 2 heterocycles. The lowest BCUT2D eigenvalue weighted by molar-refractivity contribution is 0.622. The third kappa shape index (κ3) is 5.13. The summed E-state index contributed by atoms with van der Waals surface area (Å²) in [6.07, 6.45) is 0. The monoisotopic (exact) mass is 654 g/mol. The minimum Gasteiger partial charge on any atom is -0.456 e. The molecule has 4 nitrogen and oxygen atoms in total. The number of fused-ring (bicyclic) bond motifs is 6. The number of hydrogen-bond donors (Lipinski definition) is 0. The Balaban J connectivity index is 0.984. The summed E-state index contributed by atoms with van der Waals surface area (Å²) in [5.41, 5.74) is 12.0. The molecule has 0 N–H and O–H groups in total. The highest BCUT2D eigenvalue weighted by atomic mass is 16.4. The predicted octanol–water partition coefficient (Wildman–Crippen LogP) is 13.4. The standard InChI is InChI=1S/C47H30N2O2/c1-3-10-34(11-4-1)47-48-42-27-28-43-45(46(42)51-47)41-26-21-37(30-44(41)50-43)33-19-24-40(25-20-33)49(38-13-5-2-6-14-38)39-22-17-32(18-23-39)36-16-15-31-9-7-8-12-35(31)29-36/h1-30H. The normalized spacial score (nSPS) is 11.5. The Morgan fingerprint density at radius 1 is 0.392 bits per heavy atom. The Labute approximate surface area is 294 Å². The van der Waals surface area contributed by atoms with E-state index < -0.39 is 0 Å². The van der Waals surface area contributed by atoms with Crippen molar-refractivity contribution in [3.8, 4) is 33.7 Å². The summed E-state index contributed by atoms with van der Waals surface area (Å²) in [7, 11) is 0. The smallest absolute Gasteiger partial charge is 0.227 e. The van der Waals surface area contributed by atoms with E-state index in [9.17, 15) is 0 Å². The van der Waals surface area contributed by atoms with Crippen LogP contribution in [0, 0.1) is 0 Å². The van der Waals surface area contributed by atoms with Crippen LogP contribution in [-0.2, 0) is 0 Å². The molecule has 0 aliphatic heterocycles. The van der Waals surface area contributed by atoms with Gasteiger partial charge in [0.15, 0.2) is 5.58 Å². The zero-order valence-electron chi connectivity index (χ0n) is 27.5. The number of oxazole rings is 1. The van der Waals surface area contributed by atoms with Crippen LogP contribution in [0.5, 0.6) is 0 Å². The molecule has 0 bridgehead atoms. The molecule has 0 atom stereocenters. The first-order valence-electron chi connectivity index (χ1n) is 17.1. The topological polar surface area (TPSA) is 42.4 Å². The first-order chi connectivity index (χ1) is 25.2. The molecule has 2 aromatic heterocycles. The first kappa shape index (κ1) is 29.0. The van der Waals surface area contributed by atoms with E-state index in [2.05, 4.69) is 144 Å². The average molecular weight is 655 g/mol. The van der Waals surface area contributed by atoms with E-state index in [0.29, 0.717) is 5.89 Å². The van der Waals surface area contributed by atoms with E-state index in [1.165, 1.54) is 21.9 Å². The van der Waals surface area contributed by atoms with Crippen LogP contribution in [-0.4, -0.2) is 4.98 Å². The summed E-state index contributed by atoms with van der Waals surface area (Å²) in [5.74, 6) is 0.606. The minimum absolute atomic E-state index is 0.606. The molecule has 0 spiro atoms. The van der Waals surface area contributed by atoms with Gasteiger partial charge in [0.05, 0.1) is 5.39 Å². The maximum atomic E-state index is 6.38. The van der Waals surface area contributed by atoms with Crippen molar-refractivity contribution in [1.29, 1.82) is 0 Å². The number of benzene rings is 8. The van der Waals surface area contributed by atoms with Crippen LogP contribution < -0.4 is 4.90 Å². The number of aromatic nitrogens is 1. The molecule has 0 aliphatic rings. The molecule has 10 aromatic rings. The fourth-order valence-corrected chi connectivity index (χ4v) is 7.13. The second-order valence-corrected chi connectivity index (χ2v) is 12.8. The summed E-state index contributed by atoms with van der Waals surface area (Å²) < 4.78 is 12.7. The van der Waals surface area contributed by atoms with Crippen molar-refractivity contribution in [2.45, 2.75) is 0 Å². The average Bonchev–Trinajstić information content (AvgIpc) is 3.81. The summed E-state index contributed by atoms with van der Waals surface area (Å²) in [6, 6.07) is 63.5. The van der Waals surface area contributed by atoms with Crippen molar-refractivity contribution in [2.24, 2.45) is 0 Å². The van der Waals surface area contributed by atoms with Gasteiger partial charge in [0.2, 0.25) is 5.89 Å². The molecule has 240 valence electrons. The number of nitrogens with zero attached hydrogens (tertiary/aromatic N) is 2. The van der Waals surface area contributed by atoms with Gasteiger partial charge >= 0.3 is 0 Å². The van der Waals surface area contributed by atoms with Gasteiger partial charge in [0, 0.05) is 28.0 Å². The first-order valence-corrected chi connectivity index (χ1v) is 17.1. The number of hydrogen-bond acceptors (Lipinski definition) is 4. The summed E-state index contributed by atoms with van der Waals surface area (Å²) in [4.78, 5) is 7.06. The van der Waals surface area contributed by atoms with Crippen molar-refractivity contribution >= 4 is 60.9 Å². The van der Waals surface area contributed by atoms with Gasteiger partial charge in [-0.2, -0.15) is 0 Å². The third-order valence-corrected chi connectivity index (χ3v) is 9.69. The molecule has 4 heteroatoms. The molecular formula is C47H30N2O2. The summed E-state index contributed by atoms with van der Waals surface area (Å²) >= 11 is 0. The quantitative estimate of drug-likeness (QED) is 0.179. The van der Waals surface area contributed by atoms with Gasteiger partial charge in [0.1, 0.15) is 16.7 Å². The SMILES string of the molecule is c1ccc(-c2nc3ccc4oc5cc(-c6ccc(N(c7ccccc7)c7ccc(-c8ccc9ccccc9c8)cc7)cc6)ccc5c4c3o2)cc1. The summed E-state index contributed by atoms with van der Waals surface area (Å²) in [6.45, 7) is 0. The van der Waals surface area contributed by atoms with E-state index in [4.69, 9.17) is 13.8 Å². The minimum atomic E-state index is 0.606. The Bertz CT molecular complexity index is 2840. The van der Waals surface area contributed by atoms with E-state index in [1.807, 2.05) is 42.5 Å². The van der Waals surface area contributed by atoms with Gasteiger partial charge < -0.3 is 13.7 Å². The van der Waals surface area contributed by atoms with Crippen molar-refractivity contribution in [2.75, 3.05) is 4.90 Å². The molecule has 8 aromatic carbocycles. The molecule has 0 saturated heterocycles. The van der Waals surface area contributed by atoms with Crippen molar-refractivity contribution in [1.82, 2.24) is 4.98 Å². The molecule has 0 radical (unpaired) electrons. The Morgan fingerprint density at radius 3 is 1.71 bits per heavy atom. The van der Waals surface area contributed by atoms with Crippen molar-refractivity contribution in [3.05, 3.63) is 182 Å². The number of anilines is 3. The van der Waals surface area contributed by atoms with Gasteiger partial charge in [-0.1, -0.05) is 103 Å². The number of furan rings is 1. The molecule has 0 unspecified atom stereocenters. The zero-order valence-corrected chi connectivity index (χ0v) is 27.5. The second-order valence-electron chi connectivity index (χ2n) is 12.8. The largest absolute Gasteiger partial charge is 0.456 e. The van der Waals surface area contributed by atoms with E-state index in [0.717, 1.165) is 66.8 Å². The predicted molar refractivity (Wildman–Crippen MR) is 210 cm³/mol. The highest BCUT2D eigenvalue weighted by Gasteiger charge is 2.18. The molecule has 10 rings (SSSR count). The molecule has 0 saturated carbocycles. The summed E-state index contributed by atoms with van der Waals surface area (Å²) in [5, 5.41) is 4.45. The third-order valence-electron chi connectivity index (χ3n) is 9.69. The van der Waals surface area contributed by atoms with Gasteiger partial charge in [-0.3, -0.25) is 0 Å². The molecule has 0 amide bonds. The fraction of sp³-hybridized carbons (Fsp3) is 0. The molecule has 51 heavy (non-hydrogen) atoms. The number of rotatable bonds is 6. The van der Waals surface area contributed by atoms with Crippen molar-refractivity contribution < 1.29 is 8.83 Å². The van der Waals surface area contributed by atoms with Crippen LogP contribution in [0.3, 0.4) is 0 Å². The lowest BCUT2D eigenvalue weighted by Gasteiger charge is -2.26. The van der Waals surface area contributed by atoms with Gasteiger partial charge in [-0.15, -0.1) is 0 Å². The van der Waals surface area contributed by atoms with Crippen molar-refractivity contribution in [3.63, 3.8) is 0 Å². The van der Waals surface area contributed by atoms with Crippen LogP contribution in [0.4, 0.5) is 17.1 Å². The highest BCUT2D eigenvalue weighted by Crippen LogP contribution is 2.40. The van der Waals surface area contributed by atoms with Crippen LogP contribution in [0.1, 0.15) is 0 Å². The van der Waals surface area contributed by atoms with E-state index in [-0.39, 0.29) is 0 Å². The lowest BCUT2D eigenvalue weighted by atomic mass is 10.0. The van der Waals surface area contributed by atoms with Crippen LogP contribution >= 0.6 is 0 Å². The zero-order chi connectivity index (χ0) is 33.7. The van der Waals surface area contributed by atoms with Gasteiger partial charge in [-0.05, 0) is 112 Å². The molecular weight excluding hydrogens is 625 g/mol. The molecule has 0 aliphatic carbocycles. The fourth-order valence-electron chi connectivity index (χ4n) is 7.13.